The smallest absolute Gasteiger partial charge is 0.259 e. The van der Waals surface area contributed by atoms with E-state index in [2.05, 4.69) is 6.92 Å². The van der Waals surface area contributed by atoms with Gasteiger partial charge in [-0.15, -0.1) is 11.8 Å². The van der Waals surface area contributed by atoms with E-state index in [4.69, 9.17) is 0 Å². The van der Waals surface area contributed by atoms with Gasteiger partial charge in [0, 0.05) is 17.1 Å². The van der Waals surface area contributed by atoms with E-state index >= 15 is 0 Å². The molecule has 2 aromatic carbocycles. The van der Waals surface area contributed by atoms with E-state index in [-0.39, 0.29) is 5.91 Å². The second-order valence-corrected chi connectivity index (χ2v) is 6.07. The normalized spacial score (nSPS) is 10.4. The van der Waals surface area contributed by atoms with Gasteiger partial charge in [-0.2, -0.15) is 0 Å². The summed E-state index contributed by atoms with van der Waals surface area (Å²) >= 11 is 1.71. The van der Waals surface area contributed by atoms with Gasteiger partial charge in [0.25, 0.3) is 5.91 Å². The number of rotatable bonds is 5. The van der Waals surface area contributed by atoms with Crippen LogP contribution in [0.3, 0.4) is 0 Å². The molecule has 0 aromatic heterocycles. The van der Waals surface area contributed by atoms with Crippen LogP contribution >= 0.6 is 11.8 Å². The average Bonchev–Trinajstić information content (AvgIpc) is 2.50. The number of thioether (sulfide) groups is 1. The number of para-hydroxylation sites is 1. The van der Waals surface area contributed by atoms with E-state index in [1.165, 1.54) is 0 Å². The fourth-order valence-electron chi connectivity index (χ4n) is 2.36. The highest BCUT2D eigenvalue weighted by Gasteiger charge is 2.19. The molecule has 3 heteroatoms. The molecule has 0 N–H and O–H groups in total. The predicted octanol–water partition coefficient (Wildman–Crippen LogP) is 4.77. The van der Waals surface area contributed by atoms with Gasteiger partial charge >= 0.3 is 0 Å². The molecule has 0 aliphatic rings. The van der Waals surface area contributed by atoms with Crippen molar-refractivity contribution in [2.24, 2.45) is 0 Å². The lowest BCUT2D eigenvalue weighted by molar-refractivity contribution is 0.0985. The van der Waals surface area contributed by atoms with Crippen molar-refractivity contribution in [3.8, 4) is 0 Å². The minimum absolute atomic E-state index is 0.0725. The summed E-state index contributed by atoms with van der Waals surface area (Å²) < 4.78 is 0. The van der Waals surface area contributed by atoms with Gasteiger partial charge < -0.3 is 4.90 Å². The number of benzene rings is 2. The molecule has 0 aliphatic carbocycles. The van der Waals surface area contributed by atoms with Crippen LogP contribution in [0.1, 0.15) is 29.8 Å². The standard InChI is InChI=1S/C18H21NOS/c1-4-19(16-12-8-6-10-14(16)3)18(20)15-11-7-9-13-17(15)21-5-2/h6-13H,4-5H2,1-3H3. The van der Waals surface area contributed by atoms with Gasteiger partial charge in [0.15, 0.2) is 0 Å². The zero-order valence-electron chi connectivity index (χ0n) is 12.8. The van der Waals surface area contributed by atoms with Crippen molar-refractivity contribution in [1.82, 2.24) is 0 Å². The number of anilines is 1. The molecule has 0 atom stereocenters. The molecule has 2 nitrogen and oxygen atoms in total. The van der Waals surface area contributed by atoms with E-state index in [0.29, 0.717) is 6.54 Å². The molecule has 0 radical (unpaired) electrons. The molecule has 1 amide bonds. The van der Waals surface area contributed by atoms with Crippen LogP contribution in [0.2, 0.25) is 0 Å². The third-order valence-corrected chi connectivity index (χ3v) is 4.34. The molecule has 2 rings (SSSR count). The number of nitrogens with zero attached hydrogens (tertiary/aromatic N) is 1. The largest absolute Gasteiger partial charge is 0.308 e. The molecule has 0 spiro atoms. The second-order valence-electron chi connectivity index (χ2n) is 4.77. The molecule has 0 fully saturated rings. The molecule has 110 valence electrons. The number of carbonyl (C=O) groups is 1. The highest BCUT2D eigenvalue weighted by Crippen LogP contribution is 2.27. The Morgan fingerprint density at radius 1 is 1.05 bits per heavy atom. The summed E-state index contributed by atoms with van der Waals surface area (Å²) in [5.74, 6) is 1.03. The highest BCUT2D eigenvalue weighted by atomic mass is 32.2. The summed E-state index contributed by atoms with van der Waals surface area (Å²) in [5.41, 5.74) is 2.89. The number of aryl methyl sites for hydroxylation is 1. The molecular weight excluding hydrogens is 278 g/mol. The van der Waals surface area contributed by atoms with E-state index in [9.17, 15) is 4.79 Å². The first-order valence-electron chi connectivity index (χ1n) is 7.28. The van der Waals surface area contributed by atoms with Gasteiger partial charge in [0.1, 0.15) is 0 Å². The molecular formula is C18H21NOS. The van der Waals surface area contributed by atoms with Crippen LogP contribution in [0.5, 0.6) is 0 Å². The summed E-state index contributed by atoms with van der Waals surface area (Å²) in [4.78, 5) is 15.8. The lowest BCUT2D eigenvalue weighted by atomic mass is 10.1. The fourth-order valence-corrected chi connectivity index (χ4v) is 3.16. The van der Waals surface area contributed by atoms with Crippen molar-refractivity contribution >= 4 is 23.4 Å². The van der Waals surface area contributed by atoms with Crippen LogP contribution < -0.4 is 4.90 Å². The van der Waals surface area contributed by atoms with Crippen molar-refractivity contribution in [3.63, 3.8) is 0 Å². The molecule has 0 heterocycles. The summed E-state index contributed by atoms with van der Waals surface area (Å²) in [5, 5.41) is 0. The van der Waals surface area contributed by atoms with Crippen molar-refractivity contribution in [1.29, 1.82) is 0 Å². The summed E-state index contributed by atoms with van der Waals surface area (Å²) in [6.07, 6.45) is 0. The Morgan fingerprint density at radius 3 is 2.38 bits per heavy atom. The number of hydrogen-bond donors (Lipinski definition) is 0. The fraction of sp³-hybridized carbons (Fsp3) is 0.278. The monoisotopic (exact) mass is 299 g/mol. The molecule has 0 bridgehead atoms. The first kappa shape index (κ1) is 15.6. The first-order valence-corrected chi connectivity index (χ1v) is 8.26. The summed E-state index contributed by atoms with van der Waals surface area (Å²) in [6, 6.07) is 15.9. The topological polar surface area (TPSA) is 20.3 Å². The molecule has 0 saturated heterocycles. The minimum Gasteiger partial charge on any atom is -0.308 e. The maximum atomic E-state index is 12.9. The lowest BCUT2D eigenvalue weighted by Crippen LogP contribution is -2.31. The average molecular weight is 299 g/mol. The van der Waals surface area contributed by atoms with E-state index in [0.717, 1.165) is 27.5 Å². The van der Waals surface area contributed by atoms with Crippen LogP contribution in [0.4, 0.5) is 5.69 Å². The Bertz CT molecular complexity index is 624. The van der Waals surface area contributed by atoms with E-state index < -0.39 is 0 Å². The zero-order valence-corrected chi connectivity index (χ0v) is 13.6. The van der Waals surface area contributed by atoms with Crippen LogP contribution in [-0.2, 0) is 0 Å². The quantitative estimate of drug-likeness (QED) is 0.741. The molecule has 0 unspecified atom stereocenters. The number of hydrogen-bond acceptors (Lipinski definition) is 2. The van der Waals surface area contributed by atoms with Crippen molar-refractivity contribution in [2.45, 2.75) is 25.7 Å². The van der Waals surface area contributed by atoms with Gasteiger partial charge in [0.2, 0.25) is 0 Å². The third kappa shape index (κ3) is 3.48. The van der Waals surface area contributed by atoms with Crippen LogP contribution in [0, 0.1) is 6.92 Å². The number of amides is 1. The predicted molar refractivity (Wildman–Crippen MR) is 91.4 cm³/mol. The maximum Gasteiger partial charge on any atom is 0.259 e. The lowest BCUT2D eigenvalue weighted by Gasteiger charge is -2.24. The van der Waals surface area contributed by atoms with Gasteiger partial charge in [-0.05, 0) is 43.4 Å². The van der Waals surface area contributed by atoms with Gasteiger partial charge in [0.05, 0.1) is 5.56 Å². The third-order valence-electron chi connectivity index (χ3n) is 3.38. The minimum atomic E-state index is 0.0725. The summed E-state index contributed by atoms with van der Waals surface area (Å²) in [7, 11) is 0. The first-order chi connectivity index (χ1) is 10.2. The van der Waals surface area contributed by atoms with Crippen molar-refractivity contribution < 1.29 is 4.79 Å². The van der Waals surface area contributed by atoms with Crippen LogP contribution in [0.15, 0.2) is 53.4 Å². The SMILES string of the molecule is CCSc1ccccc1C(=O)N(CC)c1ccccc1C. The van der Waals surface area contributed by atoms with Gasteiger partial charge in [-0.3, -0.25) is 4.79 Å². The summed E-state index contributed by atoms with van der Waals surface area (Å²) in [6.45, 7) is 6.82. The Hall–Kier alpha value is -1.74. The maximum absolute atomic E-state index is 12.9. The van der Waals surface area contributed by atoms with Crippen molar-refractivity contribution in [3.05, 3.63) is 59.7 Å². The van der Waals surface area contributed by atoms with E-state index in [1.54, 1.807) is 11.8 Å². The number of carbonyl (C=O) groups excluding carboxylic acids is 1. The Balaban J connectivity index is 2.40. The van der Waals surface area contributed by atoms with Crippen molar-refractivity contribution in [2.75, 3.05) is 17.2 Å². The van der Waals surface area contributed by atoms with Crippen LogP contribution in [0.25, 0.3) is 0 Å². The second kappa shape index (κ2) is 7.32. The Morgan fingerprint density at radius 2 is 1.71 bits per heavy atom. The zero-order chi connectivity index (χ0) is 15.2. The molecule has 2 aromatic rings. The highest BCUT2D eigenvalue weighted by molar-refractivity contribution is 7.99. The molecule has 21 heavy (non-hydrogen) atoms. The van der Waals surface area contributed by atoms with E-state index in [1.807, 2.05) is 67.3 Å². The Labute approximate surface area is 131 Å². The van der Waals surface area contributed by atoms with Crippen LogP contribution in [-0.4, -0.2) is 18.2 Å². The Kier molecular flexibility index (Phi) is 5.45. The van der Waals surface area contributed by atoms with Gasteiger partial charge in [-0.1, -0.05) is 37.3 Å². The molecule has 0 saturated carbocycles. The van der Waals surface area contributed by atoms with Gasteiger partial charge in [-0.25, -0.2) is 0 Å². The molecule has 0 aliphatic heterocycles.